The average Bonchev–Trinajstić information content (AvgIpc) is 3.22. The van der Waals surface area contributed by atoms with E-state index in [2.05, 4.69) is 10.6 Å². The van der Waals surface area contributed by atoms with Crippen LogP contribution in [0.2, 0.25) is 0 Å². The van der Waals surface area contributed by atoms with Crippen molar-refractivity contribution >= 4 is 35.0 Å². The van der Waals surface area contributed by atoms with Crippen molar-refractivity contribution in [2.24, 2.45) is 0 Å². The lowest BCUT2D eigenvalue weighted by Crippen LogP contribution is -2.27. The first-order valence-electron chi connectivity index (χ1n) is 9.00. The van der Waals surface area contributed by atoms with Gasteiger partial charge in [-0.05, 0) is 49.2 Å². The average molecular weight is 405 g/mol. The Bertz CT molecular complexity index is 824. The van der Waals surface area contributed by atoms with Crippen molar-refractivity contribution in [1.82, 2.24) is 4.90 Å². The van der Waals surface area contributed by atoms with Gasteiger partial charge in [0, 0.05) is 29.2 Å². The number of anilines is 2. The van der Waals surface area contributed by atoms with E-state index in [-0.39, 0.29) is 18.4 Å². The Hall–Kier alpha value is -2.61. The molecule has 0 saturated carbocycles. The number of thioether (sulfide) groups is 1. The summed E-state index contributed by atoms with van der Waals surface area (Å²) in [5.41, 5.74) is 1.67. The number of para-hydroxylation sites is 1. The second kappa shape index (κ2) is 9.54. The molecule has 0 radical (unpaired) electrons. The van der Waals surface area contributed by atoms with E-state index in [0.29, 0.717) is 33.6 Å². The number of hydrogen-bond donors (Lipinski definition) is 2. The molecule has 2 N–H and O–H groups in total. The molecule has 148 valence electrons. The molecule has 0 aliphatic carbocycles. The summed E-state index contributed by atoms with van der Waals surface area (Å²) in [7, 11) is 0. The fourth-order valence-corrected chi connectivity index (χ4v) is 3.57. The molecule has 0 atom stereocenters. The van der Waals surface area contributed by atoms with Crippen molar-refractivity contribution in [3.05, 3.63) is 54.1 Å². The van der Waals surface area contributed by atoms with Crippen LogP contribution in [0.4, 0.5) is 20.2 Å². The molecule has 1 saturated heterocycles. The van der Waals surface area contributed by atoms with Crippen LogP contribution in [0.25, 0.3) is 0 Å². The van der Waals surface area contributed by atoms with Crippen LogP contribution in [-0.4, -0.2) is 42.1 Å². The van der Waals surface area contributed by atoms with E-state index in [9.17, 15) is 18.4 Å². The molecule has 0 bridgehead atoms. The van der Waals surface area contributed by atoms with Crippen LogP contribution in [0.1, 0.15) is 23.2 Å². The van der Waals surface area contributed by atoms with Gasteiger partial charge in [0.25, 0.3) is 11.7 Å². The topological polar surface area (TPSA) is 61.4 Å². The van der Waals surface area contributed by atoms with E-state index in [1.807, 2.05) is 4.90 Å². The number of hydrogen-bond acceptors (Lipinski definition) is 4. The van der Waals surface area contributed by atoms with Gasteiger partial charge in [0.15, 0.2) is 0 Å². The van der Waals surface area contributed by atoms with E-state index < -0.39 is 5.76 Å². The number of likely N-dealkylation sites (tertiary alicyclic amines) is 1. The van der Waals surface area contributed by atoms with Gasteiger partial charge in [-0.2, -0.15) is 8.78 Å². The first-order chi connectivity index (χ1) is 13.5. The van der Waals surface area contributed by atoms with Crippen molar-refractivity contribution in [3.8, 4) is 0 Å². The molecule has 28 heavy (non-hydrogen) atoms. The highest BCUT2D eigenvalue weighted by atomic mass is 32.2. The van der Waals surface area contributed by atoms with Crippen molar-refractivity contribution in [1.29, 1.82) is 0 Å². The van der Waals surface area contributed by atoms with Gasteiger partial charge in [0.1, 0.15) is 0 Å². The van der Waals surface area contributed by atoms with E-state index in [1.165, 1.54) is 6.07 Å². The minimum atomic E-state index is -2.56. The number of amides is 2. The van der Waals surface area contributed by atoms with Gasteiger partial charge in [0.2, 0.25) is 5.91 Å². The van der Waals surface area contributed by atoms with Crippen molar-refractivity contribution in [2.45, 2.75) is 23.5 Å². The molecule has 0 spiro atoms. The molecular formula is C20H21F2N3O2S. The van der Waals surface area contributed by atoms with Crippen LogP contribution in [0.15, 0.2) is 53.4 Å². The number of alkyl halides is 2. The molecule has 8 heteroatoms. The van der Waals surface area contributed by atoms with Gasteiger partial charge in [-0.1, -0.05) is 23.9 Å². The molecule has 2 amide bonds. The molecule has 0 aromatic heterocycles. The second-order valence-electron chi connectivity index (χ2n) is 6.35. The molecular weight excluding hydrogens is 384 g/mol. The summed E-state index contributed by atoms with van der Waals surface area (Å²) in [6.07, 6.45) is 2.08. The summed E-state index contributed by atoms with van der Waals surface area (Å²) >= 11 is 0.392. The van der Waals surface area contributed by atoms with Crippen LogP contribution in [0, 0.1) is 0 Å². The first kappa shape index (κ1) is 20.1. The zero-order chi connectivity index (χ0) is 19.9. The van der Waals surface area contributed by atoms with Crippen molar-refractivity contribution in [3.63, 3.8) is 0 Å². The van der Waals surface area contributed by atoms with Gasteiger partial charge in [-0.25, -0.2) is 0 Å². The number of carbonyl (C=O) groups is 2. The zero-order valence-electron chi connectivity index (χ0n) is 15.2. The predicted octanol–water partition coefficient (Wildman–Crippen LogP) is 4.29. The van der Waals surface area contributed by atoms with Crippen LogP contribution in [0.5, 0.6) is 0 Å². The Morgan fingerprint density at radius 1 is 1.04 bits per heavy atom. The maximum atomic E-state index is 12.6. The third kappa shape index (κ3) is 5.45. The molecule has 1 aliphatic rings. The minimum absolute atomic E-state index is 0.0207. The number of benzene rings is 2. The lowest BCUT2D eigenvalue weighted by molar-refractivity contribution is -0.114. The van der Waals surface area contributed by atoms with Gasteiger partial charge in [0.05, 0.1) is 12.2 Å². The zero-order valence-corrected chi connectivity index (χ0v) is 16.0. The Morgan fingerprint density at radius 3 is 2.39 bits per heavy atom. The highest BCUT2D eigenvalue weighted by molar-refractivity contribution is 7.99. The number of nitrogens with zero attached hydrogens (tertiary/aromatic N) is 1. The summed E-state index contributed by atoms with van der Waals surface area (Å²) in [5.74, 6) is -2.88. The summed E-state index contributed by atoms with van der Waals surface area (Å²) in [5, 5.41) is 5.61. The molecule has 0 unspecified atom stereocenters. The van der Waals surface area contributed by atoms with E-state index in [1.54, 1.807) is 42.5 Å². The van der Waals surface area contributed by atoms with Crippen molar-refractivity contribution in [2.75, 3.05) is 30.3 Å². The van der Waals surface area contributed by atoms with Gasteiger partial charge >= 0.3 is 0 Å². The highest BCUT2D eigenvalue weighted by Gasteiger charge is 2.19. The fraction of sp³-hybridized carbons (Fsp3) is 0.300. The van der Waals surface area contributed by atoms with Crippen LogP contribution >= 0.6 is 11.8 Å². The molecule has 2 aromatic carbocycles. The smallest absolute Gasteiger partial charge is 0.288 e. The van der Waals surface area contributed by atoms with Crippen LogP contribution in [0.3, 0.4) is 0 Å². The van der Waals surface area contributed by atoms with Crippen LogP contribution in [-0.2, 0) is 4.79 Å². The number of halogens is 2. The fourth-order valence-electron chi connectivity index (χ4n) is 2.98. The molecule has 5 nitrogen and oxygen atoms in total. The molecule has 3 rings (SSSR count). The minimum Gasteiger partial charge on any atom is -0.376 e. The molecule has 1 fully saturated rings. The quantitative estimate of drug-likeness (QED) is 0.675. The standard InChI is InChI=1S/C20H21F2N3O2S/c21-20(22)28-17-6-2-1-5-16(17)24-18(26)13-23-15-9-7-14(8-10-15)19(27)25-11-3-4-12-25/h1-2,5-10,20,23H,3-4,11-13H2,(H,24,26). The van der Waals surface area contributed by atoms with Gasteiger partial charge in [-0.3, -0.25) is 9.59 Å². The summed E-state index contributed by atoms with van der Waals surface area (Å²) in [6, 6.07) is 13.4. The number of carbonyl (C=O) groups excluding carboxylic acids is 2. The second-order valence-corrected chi connectivity index (χ2v) is 7.38. The maximum Gasteiger partial charge on any atom is 0.288 e. The van der Waals surface area contributed by atoms with E-state index in [0.717, 1.165) is 25.9 Å². The van der Waals surface area contributed by atoms with Gasteiger partial charge in [-0.15, -0.1) is 0 Å². The molecule has 1 heterocycles. The van der Waals surface area contributed by atoms with Crippen LogP contribution < -0.4 is 10.6 Å². The normalized spacial score (nSPS) is 13.6. The monoisotopic (exact) mass is 405 g/mol. The largest absolute Gasteiger partial charge is 0.376 e. The predicted molar refractivity (Wildman–Crippen MR) is 107 cm³/mol. The number of rotatable bonds is 7. The summed E-state index contributed by atoms with van der Waals surface area (Å²) in [6.45, 7) is 1.57. The van der Waals surface area contributed by atoms with Gasteiger partial charge < -0.3 is 15.5 Å². The Kier molecular flexibility index (Phi) is 6.86. The van der Waals surface area contributed by atoms with E-state index >= 15 is 0 Å². The SMILES string of the molecule is O=C(CNc1ccc(C(=O)N2CCCC2)cc1)Nc1ccccc1SC(F)F. The molecule has 2 aromatic rings. The third-order valence-electron chi connectivity index (χ3n) is 4.36. The lowest BCUT2D eigenvalue weighted by atomic mass is 10.2. The summed E-state index contributed by atoms with van der Waals surface area (Å²) < 4.78 is 25.2. The van der Waals surface area contributed by atoms with Crippen molar-refractivity contribution < 1.29 is 18.4 Å². The highest BCUT2D eigenvalue weighted by Crippen LogP contribution is 2.31. The maximum absolute atomic E-state index is 12.6. The Morgan fingerprint density at radius 2 is 1.71 bits per heavy atom. The Balaban J connectivity index is 1.53. The first-order valence-corrected chi connectivity index (χ1v) is 9.88. The lowest BCUT2D eigenvalue weighted by Gasteiger charge is -2.15. The molecule has 1 aliphatic heterocycles. The Labute approximate surface area is 166 Å². The summed E-state index contributed by atoms with van der Waals surface area (Å²) in [4.78, 5) is 26.6. The van der Waals surface area contributed by atoms with E-state index in [4.69, 9.17) is 0 Å². The third-order valence-corrected chi connectivity index (χ3v) is 5.14. The number of nitrogens with one attached hydrogen (secondary N) is 2.